The SMILES string of the molecule is COCC(C)(CCO)NCC(=O)Nc1ccc(F)c(Cl)c1. The van der Waals surface area contributed by atoms with Gasteiger partial charge in [0.15, 0.2) is 0 Å². The number of benzene rings is 1. The number of halogens is 2. The fourth-order valence-corrected chi connectivity index (χ4v) is 2.03. The molecule has 0 radical (unpaired) electrons. The molecule has 118 valence electrons. The van der Waals surface area contributed by atoms with Crippen molar-refractivity contribution >= 4 is 23.2 Å². The average molecular weight is 319 g/mol. The Balaban J connectivity index is 2.54. The second-order valence-corrected chi connectivity index (χ2v) is 5.41. The lowest BCUT2D eigenvalue weighted by Crippen LogP contribution is -2.49. The van der Waals surface area contributed by atoms with Gasteiger partial charge in [0.1, 0.15) is 5.82 Å². The van der Waals surface area contributed by atoms with Gasteiger partial charge in [0.2, 0.25) is 5.91 Å². The molecule has 21 heavy (non-hydrogen) atoms. The highest BCUT2D eigenvalue weighted by atomic mass is 35.5. The number of methoxy groups -OCH3 is 1. The van der Waals surface area contributed by atoms with E-state index in [2.05, 4.69) is 10.6 Å². The van der Waals surface area contributed by atoms with Gasteiger partial charge in [0.05, 0.1) is 18.2 Å². The Labute approximate surface area is 128 Å². The summed E-state index contributed by atoms with van der Waals surface area (Å²) in [6.07, 6.45) is 0.455. The maximum Gasteiger partial charge on any atom is 0.238 e. The fraction of sp³-hybridized carbons (Fsp3) is 0.500. The second-order valence-electron chi connectivity index (χ2n) is 5.00. The molecule has 0 aliphatic carbocycles. The summed E-state index contributed by atoms with van der Waals surface area (Å²) in [5, 5.41) is 14.6. The number of ether oxygens (including phenoxy) is 1. The Morgan fingerprint density at radius 3 is 2.81 bits per heavy atom. The van der Waals surface area contributed by atoms with Crippen LogP contribution in [0.5, 0.6) is 0 Å². The van der Waals surface area contributed by atoms with Crippen molar-refractivity contribution in [2.75, 3.05) is 32.2 Å². The second kappa shape index (κ2) is 8.29. The molecule has 0 aliphatic heterocycles. The molecule has 3 N–H and O–H groups in total. The summed E-state index contributed by atoms with van der Waals surface area (Å²) in [6, 6.07) is 3.96. The maximum atomic E-state index is 13.0. The predicted octanol–water partition coefficient (Wildman–Crippen LogP) is 1.79. The van der Waals surface area contributed by atoms with E-state index < -0.39 is 11.4 Å². The number of rotatable bonds is 8. The van der Waals surface area contributed by atoms with Crippen LogP contribution in [0.2, 0.25) is 5.02 Å². The van der Waals surface area contributed by atoms with E-state index in [9.17, 15) is 9.18 Å². The van der Waals surface area contributed by atoms with Gasteiger partial charge in [-0.05, 0) is 31.5 Å². The zero-order chi connectivity index (χ0) is 15.9. The molecule has 1 aromatic carbocycles. The van der Waals surface area contributed by atoms with Gasteiger partial charge in [-0.15, -0.1) is 0 Å². The Bertz CT molecular complexity index is 479. The molecule has 1 unspecified atom stereocenters. The standard InChI is InChI=1S/C14H20ClFN2O3/c1-14(5-6-19,9-21-2)17-8-13(20)18-10-3-4-12(16)11(15)7-10/h3-4,7,17,19H,5-6,8-9H2,1-2H3,(H,18,20). The van der Waals surface area contributed by atoms with E-state index in [0.717, 1.165) is 0 Å². The third-order valence-electron chi connectivity index (χ3n) is 3.01. The number of anilines is 1. The number of hydrogen-bond acceptors (Lipinski definition) is 4. The van der Waals surface area contributed by atoms with Crippen molar-refractivity contribution in [2.45, 2.75) is 18.9 Å². The molecule has 1 rings (SSSR count). The normalized spacial score (nSPS) is 13.8. The lowest BCUT2D eigenvalue weighted by molar-refractivity contribution is -0.115. The molecule has 0 saturated heterocycles. The number of nitrogens with one attached hydrogen (secondary N) is 2. The quantitative estimate of drug-likeness (QED) is 0.683. The third-order valence-corrected chi connectivity index (χ3v) is 3.30. The van der Waals surface area contributed by atoms with Crippen LogP contribution >= 0.6 is 11.6 Å². The molecule has 1 amide bonds. The van der Waals surface area contributed by atoms with E-state index in [4.69, 9.17) is 21.4 Å². The average Bonchev–Trinajstić information content (AvgIpc) is 2.41. The topological polar surface area (TPSA) is 70.6 Å². The minimum atomic E-state index is -0.539. The minimum Gasteiger partial charge on any atom is -0.396 e. The first kappa shape index (κ1) is 17.8. The number of amides is 1. The van der Waals surface area contributed by atoms with Crippen LogP contribution in [0.3, 0.4) is 0 Å². The van der Waals surface area contributed by atoms with Crippen molar-refractivity contribution in [3.8, 4) is 0 Å². The van der Waals surface area contributed by atoms with Crippen LogP contribution in [0.4, 0.5) is 10.1 Å². The molecule has 0 aliphatic rings. The molecule has 0 heterocycles. The van der Waals surface area contributed by atoms with Crippen molar-refractivity contribution < 1.29 is 19.0 Å². The highest BCUT2D eigenvalue weighted by Gasteiger charge is 2.23. The summed E-state index contributed by atoms with van der Waals surface area (Å²) in [5.41, 5.74) is -0.0785. The smallest absolute Gasteiger partial charge is 0.238 e. The number of carbonyl (C=O) groups is 1. The Kier molecular flexibility index (Phi) is 7.04. The van der Waals surface area contributed by atoms with Crippen molar-refractivity contribution in [2.24, 2.45) is 0 Å². The van der Waals surface area contributed by atoms with E-state index in [1.165, 1.54) is 18.2 Å². The van der Waals surface area contributed by atoms with Gasteiger partial charge >= 0.3 is 0 Å². The van der Waals surface area contributed by atoms with Crippen LogP contribution < -0.4 is 10.6 Å². The molecule has 1 aromatic rings. The lowest BCUT2D eigenvalue weighted by atomic mass is 9.99. The first-order valence-corrected chi connectivity index (χ1v) is 6.88. The van der Waals surface area contributed by atoms with Crippen molar-refractivity contribution in [1.29, 1.82) is 0 Å². The molecular weight excluding hydrogens is 299 g/mol. The lowest BCUT2D eigenvalue weighted by Gasteiger charge is -2.29. The van der Waals surface area contributed by atoms with E-state index in [0.29, 0.717) is 18.7 Å². The van der Waals surface area contributed by atoms with Crippen molar-refractivity contribution in [1.82, 2.24) is 5.32 Å². The van der Waals surface area contributed by atoms with Gasteiger partial charge in [-0.2, -0.15) is 0 Å². The summed E-state index contributed by atoms with van der Waals surface area (Å²) < 4.78 is 18.1. The summed E-state index contributed by atoms with van der Waals surface area (Å²) in [5.74, 6) is -0.832. The van der Waals surface area contributed by atoms with Gasteiger partial charge in [0.25, 0.3) is 0 Å². The van der Waals surface area contributed by atoms with Crippen LogP contribution in [0, 0.1) is 5.82 Å². The zero-order valence-electron chi connectivity index (χ0n) is 12.1. The van der Waals surface area contributed by atoms with Gasteiger partial charge in [-0.1, -0.05) is 11.6 Å². The molecule has 0 saturated carbocycles. The summed E-state index contributed by atoms with van der Waals surface area (Å²) in [6.45, 7) is 2.24. The molecule has 0 aromatic heterocycles. The molecule has 0 spiro atoms. The summed E-state index contributed by atoms with van der Waals surface area (Å²) >= 11 is 5.64. The molecule has 0 fully saturated rings. The van der Waals surface area contributed by atoms with Crippen LogP contribution in [0.15, 0.2) is 18.2 Å². The largest absolute Gasteiger partial charge is 0.396 e. The number of aliphatic hydroxyl groups is 1. The Hall–Kier alpha value is -1.21. The molecule has 5 nitrogen and oxygen atoms in total. The highest BCUT2D eigenvalue weighted by Crippen LogP contribution is 2.19. The zero-order valence-corrected chi connectivity index (χ0v) is 12.8. The van der Waals surface area contributed by atoms with E-state index in [-0.39, 0.29) is 24.1 Å². The highest BCUT2D eigenvalue weighted by molar-refractivity contribution is 6.31. The third kappa shape index (κ3) is 5.97. The van der Waals surface area contributed by atoms with Gasteiger partial charge in [0, 0.05) is 24.9 Å². The molecule has 1 atom stereocenters. The minimum absolute atomic E-state index is 0.0119. The van der Waals surface area contributed by atoms with Crippen LogP contribution in [-0.4, -0.2) is 43.4 Å². The van der Waals surface area contributed by atoms with Crippen LogP contribution in [0.1, 0.15) is 13.3 Å². The van der Waals surface area contributed by atoms with E-state index in [1.807, 2.05) is 6.92 Å². The van der Waals surface area contributed by atoms with Gasteiger partial charge in [-0.25, -0.2) is 4.39 Å². The summed E-state index contributed by atoms with van der Waals surface area (Å²) in [7, 11) is 1.55. The monoisotopic (exact) mass is 318 g/mol. The number of carbonyl (C=O) groups excluding carboxylic acids is 1. The number of hydrogen-bond donors (Lipinski definition) is 3. The van der Waals surface area contributed by atoms with Crippen LogP contribution in [0.25, 0.3) is 0 Å². The Morgan fingerprint density at radius 2 is 2.24 bits per heavy atom. The first-order valence-electron chi connectivity index (χ1n) is 6.50. The molecular formula is C14H20ClFN2O3. The first-order chi connectivity index (χ1) is 9.90. The maximum absolute atomic E-state index is 13.0. The van der Waals surface area contributed by atoms with Crippen molar-refractivity contribution in [3.05, 3.63) is 29.0 Å². The van der Waals surface area contributed by atoms with Crippen LogP contribution in [-0.2, 0) is 9.53 Å². The fourth-order valence-electron chi connectivity index (χ4n) is 1.85. The molecule has 0 bridgehead atoms. The van der Waals surface area contributed by atoms with E-state index in [1.54, 1.807) is 7.11 Å². The van der Waals surface area contributed by atoms with Gasteiger partial charge in [-0.3, -0.25) is 4.79 Å². The summed E-state index contributed by atoms with van der Waals surface area (Å²) in [4.78, 5) is 11.9. The molecule has 7 heteroatoms. The van der Waals surface area contributed by atoms with Gasteiger partial charge < -0.3 is 20.5 Å². The Morgan fingerprint density at radius 1 is 1.52 bits per heavy atom. The predicted molar refractivity (Wildman–Crippen MR) is 80.0 cm³/mol. The number of aliphatic hydroxyl groups excluding tert-OH is 1. The van der Waals surface area contributed by atoms with E-state index >= 15 is 0 Å². The van der Waals surface area contributed by atoms with Crippen molar-refractivity contribution in [3.63, 3.8) is 0 Å².